The van der Waals surface area contributed by atoms with Crippen LogP contribution in [0.15, 0.2) is 24.3 Å². The Bertz CT molecular complexity index is 720. The zero-order valence-corrected chi connectivity index (χ0v) is 15.8. The van der Waals surface area contributed by atoms with Gasteiger partial charge in [-0.15, -0.1) is 0 Å². The Labute approximate surface area is 167 Å². The number of hydrogen-bond acceptors (Lipinski definition) is 6. The van der Waals surface area contributed by atoms with Crippen LogP contribution in [0.5, 0.6) is 0 Å². The Balaban J connectivity index is 1.21. The van der Waals surface area contributed by atoms with Gasteiger partial charge in [0.2, 0.25) is 0 Å². The first-order valence-corrected chi connectivity index (χ1v) is 10.0. The second-order valence-electron chi connectivity index (χ2n) is 8.36. The molecule has 0 spiro atoms. The molecule has 0 saturated heterocycles. The van der Waals surface area contributed by atoms with Gasteiger partial charge in [-0.05, 0) is 36.5 Å². The third kappa shape index (κ3) is 3.45. The molecule has 4 rings (SSSR count). The second-order valence-corrected chi connectivity index (χ2v) is 8.36. The van der Waals surface area contributed by atoms with Crippen molar-refractivity contribution in [2.75, 3.05) is 13.2 Å². The van der Waals surface area contributed by atoms with Crippen molar-refractivity contribution >= 4 is 23.9 Å². The molecule has 0 aromatic rings. The van der Waals surface area contributed by atoms with Gasteiger partial charge >= 0.3 is 23.9 Å². The number of ether oxygens (including phenoxy) is 2. The fraction of sp³-hybridized carbons (Fsp3) is 0.619. The van der Waals surface area contributed by atoms with Gasteiger partial charge < -0.3 is 19.7 Å². The van der Waals surface area contributed by atoms with E-state index >= 15 is 0 Å². The lowest BCUT2D eigenvalue weighted by atomic mass is 9.83. The molecule has 0 amide bonds. The number of carbonyl (C=O) groups is 4. The fourth-order valence-corrected chi connectivity index (χ4v) is 5.56. The maximum atomic E-state index is 12.4. The summed E-state index contributed by atoms with van der Waals surface area (Å²) in [5.74, 6) is -6.24. The van der Waals surface area contributed by atoms with E-state index in [4.69, 9.17) is 9.47 Å². The highest BCUT2D eigenvalue weighted by atomic mass is 16.5. The minimum absolute atomic E-state index is 0.0229. The number of hydrogen-bond donors (Lipinski definition) is 2. The van der Waals surface area contributed by atoms with Gasteiger partial charge in [0.15, 0.2) is 0 Å². The molecule has 2 saturated carbocycles. The maximum absolute atomic E-state index is 12.4. The van der Waals surface area contributed by atoms with Gasteiger partial charge in [-0.25, -0.2) is 0 Å². The van der Waals surface area contributed by atoms with Crippen LogP contribution in [0.3, 0.4) is 0 Å². The van der Waals surface area contributed by atoms with E-state index in [9.17, 15) is 29.4 Å². The number of esters is 2. The molecule has 156 valence electrons. The molecule has 2 fully saturated rings. The summed E-state index contributed by atoms with van der Waals surface area (Å²) in [6.07, 6.45) is 9.11. The molecule has 8 unspecified atom stereocenters. The van der Waals surface area contributed by atoms with Gasteiger partial charge in [0.25, 0.3) is 0 Å². The Kier molecular flexibility index (Phi) is 5.19. The van der Waals surface area contributed by atoms with Crippen molar-refractivity contribution < 1.29 is 38.9 Å². The highest BCUT2D eigenvalue weighted by Gasteiger charge is 2.53. The number of carbonyl (C=O) groups excluding carboxylic acids is 2. The van der Waals surface area contributed by atoms with E-state index in [1.54, 1.807) is 0 Å². The molecule has 0 aromatic carbocycles. The minimum atomic E-state index is -0.981. The molecular weight excluding hydrogens is 380 g/mol. The lowest BCUT2D eigenvalue weighted by molar-refractivity contribution is -0.160. The summed E-state index contributed by atoms with van der Waals surface area (Å²) in [5.41, 5.74) is 0. The van der Waals surface area contributed by atoms with Crippen molar-refractivity contribution in [3.63, 3.8) is 0 Å². The van der Waals surface area contributed by atoms with Crippen molar-refractivity contribution in [1.29, 1.82) is 0 Å². The quantitative estimate of drug-likeness (QED) is 0.354. The second kappa shape index (κ2) is 7.65. The topological polar surface area (TPSA) is 127 Å². The molecule has 4 aliphatic carbocycles. The summed E-state index contributed by atoms with van der Waals surface area (Å²) in [4.78, 5) is 47.7. The molecule has 4 bridgehead atoms. The Hall–Kier alpha value is -2.64. The van der Waals surface area contributed by atoms with Crippen LogP contribution in [-0.2, 0) is 28.7 Å². The van der Waals surface area contributed by atoms with E-state index in [0.717, 1.165) is 0 Å². The van der Waals surface area contributed by atoms with Crippen LogP contribution in [0.2, 0.25) is 0 Å². The van der Waals surface area contributed by atoms with E-state index in [2.05, 4.69) is 0 Å². The number of carboxylic acids is 2. The summed E-state index contributed by atoms with van der Waals surface area (Å²) in [7, 11) is 0. The van der Waals surface area contributed by atoms with Gasteiger partial charge in [0.1, 0.15) is 0 Å². The zero-order valence-electron chi connectivity index (χ0n) is 15.8. The van der Waals surface area contributed by atoms with Crippen molar-refractivity contribution in [2.24, 2.45) is 47.3 Å². The van der Waals surface area contributed by atoms with Gasteiger partial charge in [-0.1, -0.05) is 24.3 Å². The molecule has 29 heavy (non-hydrogen) atoms. The lowest BCUT2D eigenvalue weighted by Gasteiger charge is -2.23. The van der Waals surface area contributed by atoms with Crippen molar-refractivity contribution in [2.45, 2.75) is 19.3 Å². The predicted octanol–water partition coefficient (Wildman–Crippen LogP) is 1.51. The summed E-state index contributed by atoms with van der Waals surface area (Å²) in [5, 5.41) is 18.8. The van der Waals surface area contributed by atoms with Crippen LogP contribution in [0.1, 0.15) is 19.3 Å². The maximum Gasteiger partial charge on any atom is 0.310 e. The largest absolute Gasteiger partial charge is 0.481 e. The molecular formula is C21H24O8. The number of allylic oxidation sites excluding steroid dienone is 4. The SMILES string of the molecule is O=C(O)C1C2C=CC(C2)C1C(=O)OCCCOC(=O)C1C2C=CC(C2)C1C(=O)O. The summed E-state index contributed by atoms with van der Waals surface area (Å²) in [6.45, 7) is 0.0457. The highest BCUT2D eigenvalue weighted by Crippen LogP contribution is 2.49. The molecule has 8 nitrogen and oxygen atoms in total. The Morgan fingerprint density at radius 1 is 0.655 bits per heavy atom. The van der Waals surface area contributed by atoms with Crippen LogP contribution < -0.4 is 0 Å². The molecule has 2 N–H and O–H groups in total. The average molecular weight is 404 g/mol. The predicted molar refractivity (Wildman–Crippen MR) is 97.2 cm³/mol. The zero-order chi connectivity index (χ0) is 20.7. The standard InChI is InChI=1S/C21H24O8/c22-18(23)14-10-2-4-12(8-10)16(14)20(26)28-6-1-7-29-21(27)17-13-5-3-11(9-13)15(17)19(24)25/h2-5,10-17H,1,6-9H2,(H,22,23)(H,24,25). The highest BCUT2D eigenvalue weighted by molar-refractivity contribution is 5.84. The number of fused-ring (bicyclic) bond motifs is 4. The van der Waals surface area contributed by atoms with Gasteiger partial charge in [0, 0.05) is 6.42 Å². The smallest absolute Gasteiger partial charge is 0.310 e. The molecule has 0 aromatic heterocycles. The van der Waals surface area contributed by atoms with Crippen LogP contribution in [0, 0.1) is 47.3 Å². The fourth-order valence-electron chi connectivity index (χ4n) is 5.56. The number of rotatable bonds is 8. The first kappa shape index (κ1) is 19.7. The summed E-state index contributed by atoms with van der Waals surface area (Å²) in [6, 6.07) is 0. The molecule has 8 heteroatoms. The molecule has 8 atom stereocenters. The normalized spacial score (nSPS) is 38.3. The molecule has 0 heterocycles. The van der Waals surface area contributed by atoms with E-state index in [0.29, 0.717) is 12.8 Å². The first-order valence-electron chi connectivity index (χ1n) is 10.0. The van der Waals surface area contributed by atoms with Gasteiger partial charge in [0.05, 0.1) is 36.9 Å². The minimum Gasteiger partial charge on any atom is -0.481 e. The van der Waals surface area contributed by atoms with E-state index in [1.807, 2.05) is 24.3 Å². The third-order valence-corrected chi connectivity index (χ3v) is 6.81. The van der Waals surface area contributed by atoms with Crippen LogP contribution in [0.25, 0.3) is 0 Å². The average Bonchev–Trinajstić information content (AvgIpc) is 3.45. The Morgan fingerprint density at radius 3 is 1.34 bits per heavy atom. The van der Waals surface area contributed by atoms with E-state index in [-0.39, 0.29) is 43.3 Å². The molecule has 4 aliphatic rings. The monoisotopic (exact) mass is 404 g/mol. The van der Waals surface area contributed by atoms with E-state index < -0.39 is 47.5 Å². The number of aliphatic carboxylic acids is 2. The van der Waals surface area contributed by atoms with Crippen LogP contribution in [-0.4, -0.2) is 47.3 Å². The third-order valence-electron chi connectivity index (χ3n) is 6.81. The van der Waals surface area contributed by atoms with Crippen LogP contribution >= 0.6 is 0 Å². The summed E-state index contributed by atoms with van der Waals surface area (Å²) >= 11 is 0. The lowest BCUT2D eigenvalue weighted by Crippen LogP contribution is -2.35. The summed E-state index contributed by atoms with van der Waals surface area (Å²) < 4.78 is 10.5. The van der Waals surface area contributed by atoms with Crippen molar-refractivity contribution in [3.05, 3.63) is 24.3 Å². The van der Waals surface area contributed by atoms with Gasteiger partial charge in [-0.2, -0.15) is 0 Å². The first-order chi connectivity index (χ1) is 13.9. The van der Waals surface area contributed by atoms with Gasteiger partial charge in [-0.3, -0.25) is 19.2 Å². The molecule has 0 aliphatic heterocycles. The Morgan fingerprint density at radius 2 is 1.00 bits per heavy atom. The van der Waals surface area contributed by atoms with E-state index in [1.165, 1.54) is 0 Å². The number of carboxylic acid groups (broad SMARTS) is 2. The van der Waals surface area contributed by atoms with Crippen molar-refractivity contribution in [1.82, 2.24) is 0 Å². The van der Waals surface area contributed by atoms with Crippen LogP contribution in [0.4, 0.5) is 0 Å². The molecule has 0 radical (unpaired) electrons. The van der Waals surface area contributed by atoms with Crippen molar-refractivity contribution in [3.8, 4) is 0 Å².